The van der Waals surface area contributed by atoms with E-state index in [2.05, 4.69) is 6.58 Å². The molecule has 0 amide bonds. The van der Waals surface area contributed by atoms with Gasteiger partial charge in [-0.2, -0.15) is 0 Å². The molecule has 0 radical (unpaired) electrons. The van der Waals surface area contributed by atoms with Crippen LogP contribution >= 0.6 is 0 Å². The molecule has 6 nitrogen and oxygen atoms in total. The highest BCUT2D eigenvalue weighted by Crippen LogP contribution is 2.27. The second kappa shape index (κ2) is 8.69. The third kappa shape index (κ3) is 4.22. The van der Waals surface area contributed by atoms with Gasteiger partial charge in [0.05, 0.1) is 0 Å². The van der Waals surface area contributed by atoms with E-state index >= 15 is 0 Å². The molecular formula is C23H24N2O4S. The van der Waals surface area contributed by atoms with Gasteiger partial charge >= 0.3 is 5.56 Å². The Morgan fingerprint density at radius 1 is 1.10 bits per heavy atom. The highest BCUT2D eigenvalue weighted by Gasteiger charge is 2.29. The molecule has 156 valence electrons. The zero-order valence-electron chi connectivity index (χ0n) is 16.6. The van der Waals surface area contributed by atoms with E-state index in [-0.39, 0.29) is 5.56 Å². The number of nitrogens with zero attached hydrogens (tertiary/aromatic N) is 1. The van der Waals surface area contributed by atoms with Crippen LogP contribution in [0.5, 0.6) is 5.75 Å². The molecule has 1 heterocycles. The van der Waals surface area contributed by atoms with Crippen LogP contribution in [0.25, 0.3) is 0 Å². The van der Waals surface area contributed by atoms with Crippen LogP contribution in [0.3, 0.4) is 0 Å². The second-order valence-corrected chi connectivity index (χ2v) is 9.06. The molecule has 0 aliphatic carbocycles. The summed E-state index contributed by atoms with van der Waals surface area (Å²) in [5.74, 6) is -0.670. The van der Waals surface area contributed by atoms with Crippen LogP contribution in [0.2, 0.25) is 0 Å². The summed E-state index contributed by atoms with van der Waals surface area (Å²) in [6.45, 7) is 5.51. The summed E-state index contributed by atoms with van der Waals surface area (Å²) >= 11 is 0. The number of hydrogen-bond donors (Lipinski definition) is 2. The molecule has 0 spiro atoms. The highest BCUT2D eigenvalue weighted by molar-refractivity contribution is 7.90. The van der Waals surface area contributed by atoms with Crippen molar-refractivity contribution in [3.63, 3.8) is 0 Å². The van der Waals surface area contributed by atoms with E-state index in [0.29, 0.717) is 16.0 Å². The Balaban J connectivity index is 1.98. The van der Waals surface area contributed by atoms with Crippen molar-refractivity contribution in [1.29, 1.82) is 0 Å². The van der Waals surface area contributed by atoms with Crippen molar-refractivity contribution in [2.24, 2.45) is 5.73 Å². The lowest BCUT2D eigenvalue weighted by Crippen LogP contribution is -2.31. The largest absolute Gasteiger partial charge is 0.503 e. The minimum atomic E-state index is -4.19. The maximum atomic E-state index is 13.1. The minimum absolute atomic E-state index is 0.195. The highest BCUT2D eigenvalue weighted by atomic mass is 32.2. The maximum absolute atomic E-state index is 13.1. The van der Waals surface area contributed by atoms with Crippen molar-refractivity contribution in [2.75, 3.05) is 0 Å². The van der Waals surface area contributed by atoms with E-state index in [9.17, 15) is 18.3 Å². The lowest BCUT2D eigenvalue weighted by molar-refractivity contribution is 0.449. The van der Waals surface area contributed by atoms with E-state index in [1.165, 1.54) is 12.1 Å². The van der Waals surface area contributed by atoms with Crippen molar-refractivity contribution in [3.05, 3.63) is 112 Å². The Labute approximate surface area is 176 Å². The molecule has 3 aromatic rings. The van der Waals surface area contributed by atoms with Crippen LogP contribution in [0.15, 0.2) is 84.3 Å². The fraction of sp³-hybridized carbons (Fsp3) is 0.174. The molecule has 3 N–H and O–H groups in total. The summed E-state index contributed by atoms with van der Waals surface area (Å²) in [6, 6.07) is 17.0. The molecule has 1 aromatic heterocycles. The first kappa shape index (κ1) is 21.5. The summed E-state index contributed by atoms with van der Waals surface area (Å²) in [7, 11) is -4.19. The Morgan fingerprint density at radius 3 is 2.33 bits per heavy atom. The molecule has 0 saturated carbocycles. The first-order valence-electron chi connectivity index (χ1n) is 9.43. The number of pyridine rings is 1. The maximum Gasteiger partial charge on any atom is 0.306 e. The van der Waals surface area contributed by atoms with Crippen molar-refractivity contribution in [2.45, 2.75) is 24.6 Å². The lowest BCUT2D eigenvalue weighted by Gasteiger charge is -2.18. The lowest BCUT2D eigenvalue weighted by atomic mass is 10.00. The van der Waals surface area contributed by atoms with Crippen molar-refractivity contribution in [3.8, 4) is 5.75 Å². The normalized spacial score (nSPS) is 13.5. The monoisotopic (exact) mass is 424 g/mol. The molecule has 0 aliphatic rings. The quantitative estimate of drug-likeness (QED) is 0.567. The van der Waals surface area contributed by atoms with E-state index in [4.69, 9.17) is 5.73 Å². The van der Waals surface area contributed by atoms with Crippen molar-refractivity contribution >= 4 is 10.0 Å². The van der Waals surface area contributed by atoms with Gasteiger partial charge in [0.15, 0.2) is 5.75 Å². The first-order chi connectivity index (χ1) is 14.3. The van der Waals surface area contributed by atoms with E-state index in [0.717, 1.165) is 17.3 Å². The van der Waals surface area contributed by atoms with Crippen LogP contribution in [0.1, 0.15) is 33.5 Å². The molecule has 0 fully saturated rings. The number of aromatic nitrogens is 1. The van der Waals surface area contributed by atoms with Gasteiger partial charge in [-0.25, -0.2) is 12.4 Å². The Morgan fingerprint density at radius 2 is 1.73 bits per heavy atom. The standard InChI is InChI=1S/C23H24N2O4S/c1-3-21(18-11-9-16(2)10-12-18)30(28,29)25-14-13-19(22(26)23(25)27)20(24)15-17-7-5-4-6-8-17/h3-14,20-21,26H,1,15,24H2,2H3. The summed E-state index contributed by atoms with van der Waals surface area (Å²) < 4.78 is 26.8. The van der Waals surface area contributed by atoms with Gasteiger partial charge in [0.25, 0.3) is 10.0 Å². The summed E-state index contributed by atoms with van der Waals surface area (Å²) in [6.07, 6.45) is 2.80. The van der Waals surface area contributed by atoms with Gasteiger partial charge < -0.3 is 10.8 Å². The number of rotatable bonds is 7. The van der Waals surface area contributed by atoms with Gasteiger partial charge in [0.1, 0.15) is 5.25 Å². The van der Waals surface area contributed by atoms with Gasteiger partial charge in [-0.1, -0.05) is 66.2 Å². The summed E-state index contributed by atoms with van der Waals surface area (Å²) in [5.41, 5.74) is 7.73. The Kier molecular flexibility index (Phi) is 6.24. The molecule has 30 heavy (non-hydrogen) atoms. The average molecular weight is 425 g/mol. The van der Waals surface area contributed by atoms with Crippen LogP contribution in [0.4, 0.5) is 0 Å². The van der Waals surface area contributed by atoms with E-state index in [1.807, 2.05) is 37.3 Å². The van der Waals surface area contributed by atoms with Crippen LogP contribution in [-0.2, 0) is 16.4 Å². The molecule has 0 saturated heterocycles. The number of aromatic hydroxyl groups is 1. The molecule has 7 heteroatoms. The van der Waals surface area contributed by atoms with Gasteiger partial charge in [-0.15, -0.1) is 6.58 Å². The predicted octanol–water partition coefficient (Wildman–Crippen LogP) is 3.21. The zero-order chi connectivity index (χ0) is 21.9. The number of aryl methyl sites for hydroxylation is 1. The third-order valence-corrected chi connectivity index (χ3v) is 6.92. The summed E-state index contributed by atoms with van der Waals surface area (Å²) in [5, 5.41) is 9.31. The van der Waals surface area contributed by atoms with Crippen LogP contribution < -0.4 is 11.3 Å². The van der Waals surface area contributed by atoms with Gasteiger partial charge in [0, 0.05) is 17.8 Å². The molecule has 2 aromatic carbocycles. The van der Waals surface area contributed by atoms with E-state index in [1.54, 1.807) is 24.3 Å². The zero-order valence-corrected chi connectivity index (χ0v) is 17.4. The van der Waals surface area contributed by atoms with Gasteiger partial charge in [0.2, 0.25) is 0 Å². The SMILES string of the molecule is C=CC(c1ccc(C)cc1)S(=O)(=O)n1ccc(C(N)Cc2ccccc2)c(O)c1=O. The molecule has 0 aliphatic heterocycles. The molecule has 0 bridgehead atoms. The first-order valence-corrected chi connectivity index (χ1v) is 10.9. The Hall–Kier alpha value is -3.16. The minimum Gasteiger partial charge on any atom is -0.503 e. The molecule has 2 unspecified atom stereocenters. The molecule has 3 rings (SSSR count). The smallest absolute Gasteiger partial charge is 0.306 e. The summed E-state index contributed by atoms with van der Waals surface area (Å²) in [4.78, 5) is 12.7. The number of nitrogens with two attached hydrogens (primary N) is 1. The van der Waals surface area contributed by atoms with Crippen LogP contribution in [0, 0.1) is 6.92 Å². The fourth-order valence-electron chi connectivity index (χ4n) is 3.31. The van der Waals surface area contributed by atoms with Gasteiger partial charge in [-0.05, 0) is 30.5 Å². The molecular weight excluding hydrogens is 400 g/mol. The topological polar surface area (TPSA) is 102 Å². The van der Waals surface area contributed by atoms with Gasteiger partial charge in [-0.3, -0.25) is 4.79 Å². The fourth-order valence-corrected chi connectivity index (χ4v) is 4.85. The second-order valence-electron chi connectivity index (χ2n) is 7.13. The Bertz CT molecular complexity index is 1200. The van der Waals surface area contributed by atoms with Crippen LogP contribution in [-0.4, -0.2) is 17.5 Å². The molecule has 2 atom stereocenters. The average Bonchev–Trinajstić information content (AvgIpc) is 2.72. The van der Waals surface area contributed by atoms with E-state index < -0.39 is 32.6 Å². The third-order valence-electron chi connectivity index (χ3n) is 4.98. The number of benzene rings is 2. The van der Waals surface area contributed by atoms with Crippen molar-refractivity contribution < 1.29 is 13.5 Å². The predicted molar refractivity (Wildman–Crippen MR) is 118 cm³/mol. The van der Waals surface area contributed by atoms with Crippen molar-refractivity contribution in [1.82, 2.24) is 3.97 Å². The number of hydrogen-bond acceptors (Lipinski definition) is 5.